The summed E-state index contributed by atoms with van der Waals surface area (Å²) >= 11 is 0. The first-order chi connectivity index (χ1) is 16.2. The molecule has 194 valence electrons. The molecule has 0 saturated heterocycles. The Kier molecular flexibility index (Phi) is 11.1. The topological polar surface area (TPSA) is 254 Å². The van der Waals surface area contributed by atoms with Gasteiger partial charge in [-0.15, -0.1) is 0 Å². The largest absolute Gasteiger partial charge is 0.508 e. The smallest absolute Gasteiger partial charge is 0.328 e. The number of amides is 4. The maximum absolute atomic E-state index is 12.7. The number of primary amides is 1. The molecule has 1 aromatic carbocycles. The van der Waals surface area contributed by atoms with E-state index in [1.54, 1.807) is 12.1 Å². The molecule has 0 spiro atoms. The number of aliphatic hydroxyl groups excluding tert-OH is 2. The van der Waals surface area contributed by atoms with Gasteiger partial charge < -0.3 is 47.8 Å². The van der Waals surface area contributed by atoms with Crippen LogP contribution in [0.3, 0.4) is 0 Å². The maximum Gasteiger partial charge on any atom is 0.328 e. The quantitative estimate of drug-likeness (QED) is 0.130. The Balaban J connectivity index is 2.94. The Labute approximate surface area is 200 Å². The number of hydrogen-bond acceptors (Lipinski definition) is 9. The lowest BCUT2D eigenvalue weighted by Crippen LogP contribution is -2.61. The first-order valence-corrected chi connectivity index (χ1v) is 10.5. The number of aliphatic carboxylic acids is 1. The predicted octanol–water partition coefficient (Wildman–Crippen LogP) is -3.56. The lowest BCUT2D eigenvalue weighted by atomic mass is 10.0. The second-order valence-electron chi connectivity index (χ2n) is 8.00. The Morgan fingerprint density at radius 3 is 1.83 bits per heavy atom. The van der Waals surface area contributed by atoms with Crippen molar-refractivity contribution in [3.63, 3.8) is 0 Å². The van der Waals surface area contributed by atoms with Crippen molar-refractivity contribution in [2.24, 2.45) is 11.5 Å². The number of aromatic hydroxyl groups is 1. The molecule has 0 saturated carbocycles. The number of carboxylic acid groups (broad SMARTS) is 1. The highest BCUT2D eigenvalue weighted by molar-refractivity contribution is 5.96. The molecule has 0 bridgehead atoms. The van der Waals surface area contributed by atoms with Gasteiger partial charge in [0.2, 0.25) is 23.6 Å². The third-order valence-electron chi connectivity index (χ3n) is 4.88. The van der Waals surface area contributed by atoms with Crippen LogP contribution in [0.4, 0.5) is 0 Å². The molecule has 0 aliphatic rings. The van der Waals surface area contributed by atoms with Gasteiger partial charge >= 0.3 is 5.97 Å². The van der Waals surface area contributed by atoms with E-state index in [1.165, 1.54) is 12.1 Å². The van der Waals surface area contributed by atoms with Crippen LogP contribution in [0.15, 0.2) is 24.3 Å². The van der Waals surface area contributed by atoms with Crippen molar-refractivity contribution in [3.05, 3.63) is 29.8 Å². The second kappa shape index (κ2) is 13.2. The van der Waals surface area contributed by atoms with Crippen molar-refractivity contribution in [2.45, 2.75) is 63.1 Å². The zero-order valence-corrected chi connectivity index (χ0v) is 19.2. The molecule has 35 heavy (non-hydrogen) atoms. The molecule has 14 heteroatoms. The Morgan fingerprint density at radius 2 is 1.37 bits per heavy atom. The van der Waals surface area contributed by atoms with E-state index in [-0.39, 0.29) is 12.2 Å². The van der Waals surface area contributed by atoms with Crippen LogP contribution in [0, 0.1) is 0 Å². The number of rotatable bonds is 13. The van der Waals surface area contributed by atoms with E-state index in [4.69, 9.17) is 16.6 Å². The lowest BCUT2D eigenvalue weighted by Gasteiger charge is -2.26. The van der Waals surface area contributed by atoms with Crippen LogP contribution in [0.25, 0.3) is 0 Å². The Morgan fingerprint density at radius 1 is 0.857 bits per heavy atom. The molecule has 14 nitrogen and oxygen atoms in total. The molecule has 1 aromatic rings. The summed E-state index contributed by atoms with van der Waals surface area (Å²) in [5.41, 5.74) is 11.6. The fourth-order valence-electron chi connectivity index (χ4n) is 2.96. The first kappa shape index (κ1) is 29.3. The van der Waals surface area contributed by atoms with Gasteiger partial charge in [0.05, 0.1) is 24.7 Å². The van der Waals surface area contributed by atoms with E-state index in [2.05, 4.69) is 10.6 Å². The van der Waals surface area contributed by atoms with Gasteiger partial charge in [0.25, 0.3) is 0 Å². The number of carboxylic acids is 1. The second-order valence-corrected chi connectivity index (χ2v) is 8.00. The van der Waals surface area contributed by atoms with Gasteiger partial charge in [-0.25, -0.2) is 4.79 Å². The molecule has 11 N–H and O–H groups in total. The summed E-state index contributed by atoms with van der Waals surface area (Å²) in [7, 11) is 0. The van der Waals surface area contributed by atoms with Gasteiger partial charge in [-0.1, -0.05) is 12.1 Å². The molecule has 0 aromatic heterocycles. The normalized spacial score (nSPS) is 16.0. The third kappa shape index (κ3) is 9.56. The highest BCUT2D eigenvalue weighted by Crippen LogP contribution is 2.11. The highest BCUT2D eigenvalue weighted by Gasteiger charge is 2.34. The van der Waals surface area contributed by atoms with Crippen LogP contribution in [-0.2, 0) is 30.4 Å². The molecule has 0 radical (unpaired) electrons. The van der Waals surface area contributed by atoms with Crippen molar-refractivity contribution >= 4 is 29.6 Å². The van der Waals surface area contributed by atoms with E-state index in [9.17, 15) is 39.3 Å². The molecule has 6 unspecified atom stereocenters. The van der Waals surface area contributed by atoms with Crippen molar-refractivity contribution in [1.29, 1.82) is 0 Å². The number of carbonyl (C=O) groups is 5. The summed E-state index contributed by atoms with van der Waals surface area (Å²) in [6, 6.07) is -0.249. The molecule has 0 heterocycles. The fraction of sp³-hybridized carbons (Fsp3) is 0.476. The third-order valence-corrected chi connectivity index (χ3v) is 4.88. The number of hydrogen-bond donors (Lipinski definition) is 9. The molecule has 1 rings (SSSR count). The van der Waals surface area contributed by atoms with E-state index < -0.39 is 72.4 Å². The number of carbonyl (C=O) groups excluding carboxylic acids is 4. The monoisotopic (exact) mass is 497 g/mol. The minimum Gasteiger partial charge on any atom is -0.508 e. The molecular weight excluding hydrogens is 466 g/mol. The van der Waals surface area contributed by atoms with Crippen LogP contribution in [-0.4, -0.2) is 86.4 Å². The maximum atomic E-state index is 12.7. The Bertz CT molecular complexity index is 920. The van der Waals surface area contributed by atoms with Gasteiger partial charge in [0.1, 0.15) is 17.8 Å². The minimum atomic E-state index is -1.72. The first-order valence-electron chi connectivity index (χ1n) is 10.5. The van der Waals surface area contributed by atoms with Gasteiger partial charge in [-0.2, -0.15) is 0 Å². The van der Waals surface area contributed by atoms with Crippen molar-refractivity contribution in [2.75, 3.05) is 0 Å². The molecule has 0 aliphatic carbocycles. The molecule has 4 amide bonds. The van der Waals surface area contributed by atoms with E-state index in [1.807, 2.05) is 5.32 Å². The molecule has 0 fully saturated rings. The Hall–Kier alpha value is -3.75. The number of phenols is 1. The minimum absolute atomic E-state index is 0.0183. The van der Waals surface area contributed by atoms with Gasteiger partial charge in [-0.05, 0) is 38.0 Å². The summed E-state index contributed by atoms with van der Waals surface area (Å²) in [5.74, 6) is -5.52. The zero-order valence-electron chi connectivity index (χ0n) is 19.2. The van der Waals surface area contributed by atoms with Crippen LogP contribution in [0.1, 0.15) is 25.8 Å². The number of benzene rings is 1. The summed E-state index contributed by atoms with van der Waals surface area (Å²) in [6.45, 7) is 2.26. The van der Waals surface area contributed by atoms with Crippen LogP contribution >= 0.6 is 0 Å². The lowest BCUT2D eigenvalue weighted by molar-refractivity contribution is -0.146. The van der Waals surface area contributed by atoms with Gasteiger partial charge in [-0.3, -0.25) is 19.2 Å². The summed E-state index contributed by atoms with van der Waals surface area (Å²) in [6.07, 6.45) is -3.64. The summed E-state index contributed by atoms with van der Waals surface area (Å²) in [5, 5.41) is 44.3. The summed E-state index contributed by atoms with van der Waals surface area (Å²) < 4.78 is 0. The average molecular weight is 498 g/mol. The van der Waals surface area contributed by atoms with Gasteiger partial charge in [0.15, 0.2) is 6.04 Å². The fourth-order valence-corrected chi connectivity index (χ4v) is 2.96. The molecule has 6 atom stereocenters. The van der Waals surface area contributed by atoms with Crippen molar-refractivity contribution in [3.8, 4) is 5.75 Å². The van der Waals surface area contributed by atoms with Crippen molar-refractivity contribution < 1.29 is 44.4 Å². The van der Waals surface area contributed by atoms with Crippen LogP contribution < -0.4 is 27.4 Å². The molecular formula is C21H31N5O9. The number of phenolic OH excluding ortho intramolecular Hbond substituents is 1. The number of aliphatic hydroxyl groups is 2. The highest BCUT2D eigenvalue weighted by atomic mass is 16.4. The number of nitrogens with one attached hydrogen (secondary N) is 3. The van der Waals surface area contributed by atoms with Crippen LogP contribution in [0.2, 0.25) is 0 Å². The zero-order chi connectivity index (χ0) is 26.9. The SMILES string of the molecule is CC(O)C(NC(=O)C(NC(=O)C(CC(N)=O)NC(=O)C(N)Cc1ccc(O)cc1)C(C)O)C(=O)O. The standard InChI is InChI=1S/C21H31N5O9/c1-9(27)16(20(33)26-17(10(2)28)21(34)35)25-19(32)14(8-15(23)30)24-18(31)13(22)7-11-3-5-12(29)6-4-11/h3-6,9-10,13-14,16-17,27-29H,7-8,22H2,1-2H3,(H2,23,30)(H,24,31)(H,25,32)(H,26,33)(H,34,35). The van der Waals surface area contributed by atoms with E-state index in [0.29, 0.717) is 5.56 Å². The predicted molar refractivity (Wildman–Crippen MR) is 120 cm³/mol. The van der Waals surface area contributed by atoms with Crippen molar-refractivity contribution in [1.82, 2.24) is 16.0 Å². The average Bonchev–Trinajstić information content (AvgIpc) is 2.75. The van der Waals surface area contributed by atoms with E-state index >= 15 is 0 Å². The van der Waals surface area contributed by atoms with Crippen LogP contribution in [0.5, 0.6) is 5.75 Å². The van der Waals surface area contributed by atoms with Gasteiger partial charge in [0, 0.05) is 0 Å². The summed E-state index contributed by atoms with van der Waals surface area (Å²) in [4.78, 5) is 60.4. The number of nitrogens with two attached hydrogens (primary N) is 2. The van der Waals surface area contributed by atoms with E-state index in [0.717, 1.165) is 13.8 Å². The molecule has 0 aliphatic heterocycles.